The summed E-state index contributed by atoms with van der Waals surface area (Å²) in [5.74, 6) is 1.85. The Labute approximate surface area is 168 Å². The van der Waals surface area contributed by atoms with Gasteiger partial charge in [-0.3, -0.25) is 4.79 Å². The van der Waals surface area contributed by atoms with Gasteiger partial charge >= 0.3 is 5.97 Å². The van der Waals surface area contributed by atoms with Crippen LogP contribution >= 0.6 is 23.5 Å². The highest BCUT2D eigenvalue weighted by Crippen LogP contribution is 2.27. The average molecular weight is 391 g/mol. The lowest BCUT2D eigenvalue weighted by Crippen LogP contribution is -2.06. The minimum Gasteiger partial charge on any atom is -0.481 e. The van der Waals surface area contributed by atoms with E-state index in [4.69, 9.17) is 7.85 Å². The molecule has 2 nitrogen and oxygen atoms in total. The quantitative estimate of drug-likeness (QED) is 0.410. The van der Waals surface area contributed by atoms with Crippen LogP contribution in [0.5, 0.6) is 0 Å². The molecule has 0 saturated heterocycles. The van der Waals surface area contributed by atoms with Gasteiger partial charge in [0.2, 0.25) is 0 Å². The van der Waals surface area contributed by atoms with Crippen LogP contribution in [0.4, 0.5) is 0 Å². The number of thioether (sulfide) groups is 2. The van der Waals surface area contributed by atoms with E-state index in [1.165, 1.54) is 11.1 Å². The van der Waals surface area contributed by atoms with Gasteiger partial charge < -0.3 is 5.11 Å². The van der Waals surface area contributed by atoms with Crippen molar-refractivity contribution in [3.05, 3.63) is 71.8 Å². The first kappa shape index (κ1) is 18.0. The Morgan fingerprint density at radius 3 is 2.19 bits per heavy atom. The molecule has 1 atom stereocenters. The first-order valence-electron chi connectivity index (χ1n) is 9.94. The molecule has 2 rings (SSSR count). The fraction of sp³-hybridized carbons (Fsp3) is 0.409. The molecule has 0 heterocycles. The van der Waals surface area contributed by atoms with Crippen LogP contribution in [-0.4, -0.2) is 22.1 Å². The summed E-state index contributed by atoms with van der Waals surface area (Å²) in [6.07, 6.45) is -0.185. The van der Waals surface area contributed by atoms with Crippen molar-refractivity contribution in [3.8, 4) is 0 Å². The third-order valence-corrected chi connectivity index (χ3v) is 6.35. The molecule has 1 unspecified atom stereocenters. The summed E-state index contributed by atoms with van der Waals surface area (Å²) in [5.41, 5.74) is 2.54. The van der Waals surface area contributed by atoms with Crippen LogP contribution in [-0.2, 0) is 16.3 Å². The zero-order valence-corrected chi connectivity index (χ0v) is 16.6. The van der Waals surface area contributed by atoms with Crippen molar-refractivity contribution in [2.75, 3.05) is 5.75 Å². The third-order valence-electron chi connectivity index (χ3n) is 3.91. The first-order chi connectivity index (χ1) is 13.4. The monoisotopic (exact) mass is 390 g/mol. The number of hydrogen-bond donors (Lipinski definition) is 1. The van der Waals surface area contributed by atoms with Gasteiger partial charge in [-0.15, -0.1) is 0 Å². The Hall–Kier alpha value is -1.39. The molecule has 4 heteroatoms. The minimum absolute atomic E-state index is 0.0713. The second kappa shape index (κ2) is 12.9. The van der Waals surface area contributed by atoms with Crippen molar-refractivity contribution < 1.29 is 12.6 Å². The summed E-state index contributed by atoms with van der Waals surface area (Å²) >= 11 is 3.65. The van der Waals surface area contributed by atoms with Crippen LogP contribution in [0.15, 0.2) is 60.7 Å². The zero-order valence-electron chi connectivity index (χ0n) is 17.0. The molecule has 26 heavy (non-hydrogen) atoms. The summed E-state index contributed by atoms with van der Waals surface area (Å²) in [4.78, 5) is 10.8. The molecule has 0 saturated carbocycles. The van der Waals surface area contributed by atoms with E-state index in [2.05, 4.69) is 24.3 Å². The Balaban J connectivity index is 1.85. The van der Waals surface area contributed by atoms with E-state index in [0.29, 0.717) is 6.42 Å². The van der Waals surface area contributed by atoms with Crippen LogP contribution in [0.3, 0.4) is 0 Å². The van der Waals surface area contributed by atoms with Gasteiger partial charge in [-0.1, -0.05) is 67.0 Å². The Kier molecular flexibility index (Phi) is 8.92. The maximum Gasteiger partial charge on any atom is 0.303 e. The smallest absolute Gasteiger partial charge is 0.303 e. The number of carbonyl (C=O) groups is 1. The lowest BCUT2D eigenvalue weighted by Gasteiger charge is -2.16. The van der Waals surface area contributed by atoms with Crippen LogP contribution in [0.25, 0.3) is 0 Å². The molecule has 0 aliphatic carbocycles. The SMILES string of the molecule is [2H]C([2H])(CCC(=O)O)CC(CCSCc1ccccc1)SCc1ccccc1. The molecule has 0 aliphatic rings. The largest absolute Gasteiger partial charge is 0.481 e. The predicted molar refractivity (Wildman–Crippen MR) is 115 cm³/mol. The Morgan fingerprint density at radius 1 is 0.962 bits per heavy atom. The van der Waals surface area contributed by atoms with Crippen molar-refractivity contribution in [2.24, 2.45) is 0 Å². The minimum atomic E-state index is -1.45. The molecule has 2 aromatic carbocycles. The molecule has 0 radical (unpaired) electrons. The molecule has 0 amide bonds. The molecule has 0 spiro atoms. The van der Waals surface area contributed by atoms with Gasteiger partial charge in [0.1, 0.15) is 0 Å². The number of carboxylic acids is 1. The van der Waals surface area contributed by atoms with Crippen LogP contribution < -0.4 is 0 Å². The van der Waals surface area contributed by atoms with Crippen LogP contribution in [0.2, 0.25) is 0 Å². The molecule has 0 aromatic heterocycles. The van der Waals surface area contributed by atoms with E-state index in [9.17, 15) is 4.79 Å². The van der Waals surface area contributed by atoms with Crippen LogP contribution in [0, 0.1) is 0 Å². The van der Waals surface area contributed by atoms with E-state index in [0.717, 1.165) is 23.7 Å². The average Bonchev–Trinajstić information content (AvgIpc) is 2.69. The zero-order chi connectivity index (χ0) is 20.2. The molecule has 0 fully saturated rings. The summed E-state index contributed by atoms with van der Waals surface area (Å²) in [6, 6.07) is 20.6. The molecule has 1 N–H and O–H groups in total. The molecule has 0 bridgehead atoms. The van der Waals surface area contributed by atoms with Gasteiger partial charge in [0.05, 0.1) is 0 Å². The normalized spacial score (nSPS) is 13.7. The van der Waals surface area contributed by atoms with Gasteiger partial charge in [-0.25, -0.2) is 0 Å². The van der Waals surface area contributed by atoms with Gasteiger partial charge in [-0.2, -0.15) is 23.5 Å². The number of hydrogen-bond acceptors (Lipinski definition) is 3. The van der Waals surface area contributed by atoms with Crippen molar-refractivity contribution >= 4 is 29.5 Å². The standard InChI is InChI=1S/C22H28O2S2/c23-22(24)14-8-7-13-21(26-18-20-11-5-2-6-12-20)15-16-25-17-19-9-3-1-4-10-19/h1-6,9-12,21H,7-8,13-18H2,(H,23,24)/i7D2. The Morgan fingerprint density at radius 2 is 1.58 bits per heavy atom. The lowest BCUT2D eigenvalue weighted by molar-refractivity contribution is -0.137. The lowest BCUT2D eigenvalue weighted by atomic mass is 10.1. The molecule has 0 aliphatic heterocycles. The highest BCUT2D eigenvalue weighted by Gasteiger charge is 2.10. The fourth-order valence-corrected chi connectivity index (χ4v) is 4.78. The number of carboxylic acid groups (broad SMARTS) is 1. The second-order valence-corrected chi connectivity index (χ2v) is 8.49. The van der Waals surface area contributed by atoms with E-state index < -0.39 is 12.3 Å². The van der Waals surface area contributed by atoms with Crippen molar-refractivity contribution in [1.82, 2.24) is 0 Å². The summed E-state index contributed by atoms with van der Waals surface area (Å²) < 4.78 is 16.5. The summed E-state index contributed by atoms with van der Waals surface area (Å²) in [7, 11) is 0. The maximum atomic E-state index is 10.8. The van der Waals surface area contributed by atoms with Crippen LogP contribution in [0.1, 0.15) is 45.9 Å². The molecule has 140 valence electrons. The van der Waals surface area contributed by atoms with Crippen molar-refractivity contribution in [1.29, 1.82) is 0 Å². The first-order valence-corrected chi connectivity index (χ1v) is 11.1. The van der Waals surface area contributed by atoms with Gasteiger partial charge in [0, 0.05) is 25.9 Å². The van der Waals surface area contributed by atoms with Gasteiger partial charge in [0.25, 0.3) is 0 Å². The number of aliphatic carboxylic acids is 1. The predicted octanol–water partition coefficient (Wildman–Crippen LogP) is 6.26. The highest BCUT2D eigenvalue weighted by molar-refractivity contribution is 7.99. The topological polar surface area (TPSA) is 37.3 Å². The summed E-state index contributed by atoms with van der Waals surface area (Å²) in [6.45, 7) is 0. The number of benzene rings is 2. The van der Waals surface area contributed by atoms with Crippen molar-refractivity contribution in [2.45, 2.75) is 48.8 Å². The van der Waals surface area contributed by atoms with E-state index in [1.54, 1.807) is 11.8 Å². The highest BCUT2D eigenvalue weighted by atomic mass is 32.2. The molecule has 2 aromatic rings. The molecular formula is C22H28O2S2. The van der Waals surface area contributed by atoms with E-state index >= 15 is 0 Å². The van der Waals surface area contributed by atoms with E-state index in [1.807, 2.05) is 48.2 Å². The maximum absolute atomic E-state index is 10.8. The second-order valence-electron chi connectivity index (χ2n) is 6.09. The fourth-order valence-electron chi connectivity index (χ4n) is 2.47. The number of rotatable bonds is 13. The van der Waals surface area contributed by atoms with Gasteiger partial charge in [0.15, 0.2) is 0 Å². The summed E-state index contributed by atoms with van der Waals surface area (Å²) in [5, 5.41) is 9.04. The van der Waals surface area contributed by atoms with Gasteiger partial charge in [-0.05, 0) is 36.1 Å². The van der Waals surface area contributed by atoms with E-state index in [-0.39, 0.29) is 18.1 Å². The molecular weight excluding hydrogens is 360 g/mol. The third kappa shape index (κ3) is 9.35. The Bertz CT molecular complexity index is 696. The van der Waals surface area contributed by atoms with Crippen molar-refractivity contribution in [3.63, 3.8) is 0 Å².